The minimum atomic E-state index is -4.49. The monoisotopic (exact) mass is 447 g/mol. The Kier molecular flexibility index (Phi) is 6.81. The number of carbonyl (C=O) groups excluding carboxylic acids is 1. The van der Waals surface area contributed by atoms with Gasteiger partial charge in [-0.1, -0.05) is 24.3 Å². The second-order valence-electron chi connectivity index (χ2n) is 8.84. The van der Waals surface area contributed by atoms with Gasteiger partial charge < -0.3 is 15.3 Å². The number of aliphatic hydroxyl groups excluding tert-OH is 1. The minimum absolute atomic E-state index is 0.121. The Labute approximate surface area is 185 Å². The summed E-state index contributed by atoms with van der Waals surface area (Å²) in [5.41, 5.74) is 1.80. The van der Waals surface area contributed by atoms with E-state index < -0.39 is 23.9 Å². The second kappa shape index (κ2) is 9.58. The first kappa shape index (κ1) is 22.7. The molecule has 1 aromatic carbocycles. The lowest BCUT2D eigenvalue weighted by molar-refractivity contribution is -0.137. The molecule has 2 unspecified atom stereocenters. The van der Waals surface area contributed by atoms with Gasteiger partial charge in [-0.05, 0) is 68.0 Å². The van der Waals surface area contributed by atoms with Gasteiger partial charge in [0.25, 0.3) is 0 Å². The summed E-state index contributed by atoms with van der Waals surface area (Å²) < 4.78 is 38.5. The van der Waals surface area contributed by atoms with E-state index in [4.69, 9.17) is 0 Å². The lowest BCUT2D eigenvalue weighted by atomic mass is 10.0. The van der Waals surface area contributed by atoms with Gasteiger partial charge in [-0.2, -0.15) is 13.2 Å². The van der Waals surface area contributed by atoms with Crippen molar-refractivity contribution in [2.45, 2.75) is 50.4 Å². The van der Waals surface area contributed by atoms with Crippen LogP contribution in [0.15, 0.2) is 42.6 Å². The fourth-order valence-corrected chi connectivity index (χ4v) is 4.74. The summed E-state index contributed by atoms with van der Waals surface area (Å²) in [6, 6.07) is 9.63. The topological polar surface area (TPSA) is 65.5 Å². The first-order valence-corrected chi connectivity index (χ1v) is 11.1. The maximum Gasteiger partial charge on any atom is 0.417 e. The number of amides is 1. The Morgan fingerprint density at radius 2 is 1.78 bits per heavy atom. The molecule has 2 heterocycles. The number of rotatable bonds is 7. The van der Waals surface area contributed by atoms with Gasteiger partial charge in [0, 0.05) is 19.2 Å². The normalized spacial score (nSPS) is 19.0. The maximum absolute atomic E-state index is 12.8. The van der Waals surface area contributed by atoms with Crippen LogP contribution in [0.1, 0.15) is 47.8 Å². The Morgan fingerprint density at radius 3 is 2.34 bits per heavy atom. The van der Waals surface area contributed by atoms with E-state index in [2.05, 4.69) is 27.3 Å². The molecule has 0 radical (unpaired) electrons. The van der Waals surface area contributed by atoms with Crippen molar-refractivity contribution in [3.8, 4) is 0 Å². The van der Waals surface area contributed by atoms with E-state index in [0.717, 1.165) is 51.0 Å². The average molecular weight is 448 g/mol. The van der Waals surface area contributed by atoms with E-state index in [1.54, 1.807) is 0 Å². The summed E-state index contributed by atoms with van der Waals surface area (Å²) in [7, 11) is 0. The molecule has 1 aliphatic carbocycles. The highest BCUT2D eigenvalue weighted by atomic mass is 19.4. The van der Waals surface area contributed by atoms with Crippen molar-refractivity contribution in [3.63, 3.8) is 0 Å². The highest BCUT2D eigenvalue weighted by Gasteiger charge is 2.33. The number of fused-ring (bicyclic) bond motifs is 1. The van der Waals surface area contributed by atoms with E-state index >= 15 is 0 Å². The predicted molar refractivity (Wildman–Crippen MR) is 114 cm³/mol. The predicted octanol–water partition coefficient (Wildman–Crippen LogP) is 3.52. The highest BCUT2D eigenvalue weighted by molar-refractivity contribution is 5.76. The number of likely N-dealkylation sites (tertiary alicyclic amines) is 1. The molecular weight excluding hydrogens is 419 g/mol. The van der Waals surface area contributed by atoms with Gasteiger partial charge in [0.05, 0.1) is 17.3 Å². The number of hydrogen-bond donors (Lipinski definition) is 2. The third-order valence-electron chi connectivity index (χ3n) is 6.41. The summed E-state index contributed by atoms with van der Waals surface area (Å²) in [6.07, 6.45) is -0.805. The first-order chi connectivity index (χ1) is 15.3. The number of aromatic nitrogens is 1. The fourth-order valence-electron chi connectivity index (χ4n) is 4.74. The van der Waals surface area contributed by atoms with Crippen LogP contribution in [0.25, 0.3) is 0 Å². The van der Waals surface area contributed by atoms with Crippen molar-refractivity contribution in [3.05, 3.63) is 65.0 Å². The Bertz CT molecular complexity index is 902. The number of aliphatic hydroxyl groups is 1. The standard InChI is InChI=1S/C24H28F3N3O2/c25-24(26,27)19-7-8-20(28-14-19)23(32)21(15-30-9-3-4-10-30)29-22(31)13-16-11-17-5-1-2-6-18(17)12-16/h1-2,5-8,14,16,21,23,32H,3-4,9-13,15H2,(H,29,31). The zero-order chi connectivity index (χ0) is 22.7. The van der Waals surface area contributed by atoms with Crippen LogP contribution in [0, 0.1) is 5.92 Å². The molecule has 2 atom stereocenters. The first-order valence-electron chi connectivity index (χ1n) is 11.1. The number of benzene rings is 1. The van der Waals surface area contributed by atoms with Crippen molar-refractivity contribution in [2.75, 3.05) is 19.6 Å². The van der Waals surface area contributed by atoms with Crippen LogP contribution >= 0.6 is 0 Å². The molecule has 4 rings (SSSR count). The smallest absolute Gasteiger partial charge is 0.385 e. The number of nitrogens with one attached hydrogen (secondary N) is 1. The Balaban J connectivity index is 1.42. The molecule has 8 heteroatoms. The Morgan fingerprint density at radius 1 is 1.12 bits per heavy atom. The molecule has 2 N–H and O–H groups in total. The van der Waals surface area contributed by atoms with Gasteiger partial charge in [0.1, 0.15) is 6.10 Å². The van der Waals surface area contributed by atoms with Crippen LogP contribution in [-0.2, 0) is 23.8 Å². The van der Waals surface area contributed by atoms with Crippen LogP contribution in [0.5, 0.6) is 0 Å². The van der Waals surface area contributed by atoms with Crippen molar-refractivity contribution in [1.29, 1.82) is 0 Å². The SMILES string of the molecule is O=C(CC1Cc2ccccc2C1)NC(CN1CCCC1)C(O)c1ccc(C(F)(F)F)cn1. The molecule has 0 bridgehead atoms. The summed E-state index contributed by atoms with van der Waals surface area (Å²) in [5, 5.41) is 13.8. The van der Waals surface area contributed by atoms with Crippen LogP contribution in [0.4, 0.5) is 13.2 Å². The van der Waals surface area contributed by atoms with Gasteiger partial charge in [-0.25, -0.2) is 0 Å². The van der Waals surface area contributed by atoms with Gasteiger partial charge >= 0.3 is 6.18 Å². The molecule has 0 spiro atoms. The molecule has 1 saturated heterocycles. The zero-order valence-corrected chi connectivity index (χ0v) is 17.8. The Hall–Kier alpha value is -2.45. The summed E-state index contributed by atoms with van der Waals surface area (Å²) in [6.45, 7) is 2.18. The molecule has 1 aromatic heterocycles. The van der Waals surface area contributed by atoms with Crippen molar-refractivity contribution in [2.24, 2.45) is 5.92 Å². The number of hydrogen-bond acceptors (Lipinski definition) is 4. The van der Waals surface area contributed by atoms with E-state index in [1.165, 1.54) is 17.2 Å². The zero-order valence-electron chi connectivity index (χ0n) is 17.8. The van der Waals surface area contributed by atoms with E-state index in [1.807, 2.05) is 12.1 Å². The van der Waals surface area contributed by atoms with Gasteiger partial charge in [-0.15, -0.1) is 0 Å². The summed E-state index contributed by atoms with van der Waals surface area (Å²) in [4.78, 5) is 18.8. The lowest BCUT2D eigenvalue weighted by Crippen LogP contribution is -2.47. The largest absolute Gasteiger partial charge is 0.417 e. The highest BCUT2D eigenvalue weighted by Crippen LogP contribution is 2.30. The molecule has 0 saturated carbocycles. The fraction of sp³-hybridized carbons (Fsp3) is 0.500. The average Bonchev–Trinajstić information content (AvgIpc) is 3.41. The molecule has 32 heavy (non-hydrogen) atoms. The number of pyridine rings is 1. The number of halogens is 3. The number of alkyl halides is 3. The van der Waals surface area contributed by atoms with Crippen molar-refractivity contribution >= 4 is 5.91 Å². The number of nitrogens with zero attached hydrogens (tertiary/aromatic N) is 2. The molecule has 5 nitrogen and oxygen atoms in total. The van der Waals surface area contributed by atoms with Gasteiger partial charge in [0.15, 0.2) is 0 Å². The van der Waals surface area contributed by atoms with Crippen LogP contribution < -0.4 is 5.32 Å². The molecule has 1 aliphatic heterocycles. The summed E-state index contributed by atoms with van der Waals surface area (Å²) >= 11 is 0. The van der Waals surface area contributed by atoms with Crippen molar-refractivity contribution in [1.82, 2.24) is 15.2 Å². The third kappa shape index (κ3) is 5.48. The van der Waals surface area contributed by atoms with E-state index in [9.17, 15) is 23.1 Å². The third-order valence-corrected chi connectivity index (χ3v) is 6.41. The van der Waals surface area contributed by atoms with Gasteiger partial charge in [-0.3, -0.25) is 9.78 Å². The van der Waals surface area contributed by atoms with E-state index in [-0.39, 0.29) is 17.5 Å². The van der Waals surface area contributed by atoms with Crippen LogP contribution in [0.3, 0.4) is 0 Å². The molecule has 2 aromatic rings. The van der Waals surface area contributed by atoms with Crippen LogP contribution in [-0.4, -0.2) is 46.6 Å². The molecule has 172 valence electrons. The molecule has 2 aliphatic rings. The molecule has 1 fully saturated rings. The van der Waals surface area contributed by atoms with Crippen molar-refractivity contribution < 1.29 is 23.1 Å². The molecular formula is C24H28F3N3O2. The number of carbonyl (C=O) groups is 1. The summed E-state index contributed by atoms with van der Waals surface area (Å²) in [5.74, 6) is 0.0548. The van der Waals surface area contributed by atoms with Gasteiger partial charge in [0.2, 0.25) is 5.91 Å². The quantitative estimate of drug-likeness (QED) is 0.682. The van der Waals surface area contributed by atoms with Crippen LogP contribution in [0.2, 0.25) is 0 Å². The van der Waals surface area contributed by atoms with E-state index in [0.29, 0.717) is 13.0 Å². The minimum Gasteiger partial charge on any atom is -0.385 e. The second-order valence-corrected chi connectivity index (χ2v) is 8.84. The molecule has 1 amide bonds. The maximum atomic E-state index is 12.8. The lowest BCUT2D eigenvalue weighted by Gasteiger charge is -2.28.